The van der Waals surface area contributed by atoms with Crippen LogP contribution in [0.25, 0.3) is 10.6 Å². The summed E-state index contributed by atoms with van der Waals surface area (Å²) in [5, 5.41) is 8.84. The largest absolute Gasteiger partial charge is 0.312 e. The molecule has 0 unspecified atom stereocenters. The predicted octanol–water partition coefficient (Wildman–Crippen LogP) is 2.92. The van der Waals surface area contributed by atoms with Crippen molar-refractivity contribution in [3.63, 3.8) is 0 Å². The third-order valence-corrected chi connectivity index (χ3v) is 4.48. The first kappa shape index (κ1) is 12.8. The van der Waals surface area contributed by atoms with Crippen LogP contribution in [-0.2, 0) is 13.6 Å². The van der Waals surface area contributed by atoms with Gasteiger partial charge in [-0.15, -0.1) is 11.3 Å². The Morgan fingerprint density at radius 3 is 2.95 bits per heavy atom. The second kappa shape index (κ2) is 5.43. The number of aromatic nitrogens is 3. The van der Waals surface area contributed by atoms with E-state index >= 15 is 0 Å². The van der Waals surface area contributed by atoms with Crippen LogP contribution in [-0.4, -0.2) is 21.3 Å². The molecule has 1 aliphatic rings. The second-order valence-electron chi connectivity index (χ2n) is 5.18. The zero-order valence-electron chi connectivity index (χ0n) is 11.5. The summed E-state index contributed by atoms with van der Waals surface area (Å²) in [4.78, 5) is 6.27. The third kappa shape index (κ3) is 2.87. The number of nitrogens with one attached hydrogen (secondary N) is 1. The number of rotatable bonds is 6. The maximum absolute atomic E-state index is 4.86. The Kier molecular flexibility index (Phi) is 3.66. The Balaban J connectivity index is 1.83. The summed E-state index contributed by atoms with van der Waals surface area (Å²) in [7, 11) is 1.95. The van der Waals surface area contributed by atoms with Crippen LogP contribution in [0, 0.1) is 0 Å². The van der Waals surface area contributed by atoms with Crippen molar-refractivity contribution < 1.29 is 0 Å². The minimum atomic E-state index is 0.708. The molecular weight excluding hydrogens is 256 g/mol. The lowest BCUT2D eigenvalue weighted by molar-refractivity contribution is 0.676. The molecule has 19 heavy (non-hydrogen) atoms. The molecule has 4 nitrogen and oxygen atoms in total. The normalized spacial score (nSPS) is 15.1. The molecule has 2 aromatic rings. The van der Waals surface area contributed by atoms with Gasteiger partial charge in [-0.05, 0) is 25.8 Å². The summed E-state index contributed by atoms with van der Waals surface area (Å²) in [6.45, 7) is 4.23. The van der Waals surface area contributed by atoms with Crippen molar-refractivity contribution in [2.45, 2.75) is 38.6 Å². The Hall–Kier alpha value is -1.20. The predicted molar refractivity (Wildman–Crippen MR) is 78.3 cm³/mol. The van der Waals surface area contributed by atoms with Crippen LogP contribution in [0.4, 0.5) is 0 Å². The van der Waals surface area contributed by atoms with E-state index in [1.54, 1.807) is 0 Å². The van der Waals surface area contributed by atoms with E-state index in [4.69, 9.17) is 4.98 Å². The van der Waals surface area contributed by atoms with E-state index < -0.39 is 0 Å². The fraction of sp³-hybridized carbons (Fsp3) is 0.571. The van der Waals surface area contributed by atoms with Crippen LogP contribution in [0.2, 0.25) is 0 Å². The van der Waals surface area contributed by atoms with Gasteiger partial charge in [0.25, 0.3) is 0 Å². The van der Waals surface area contributed by atoms with E-state index in [9.17, 15) is 0 Å². The highest BCUT2D eigenvalue weighted by atomic mass is 32.1. The van der Waals surface area contributed by atoms with Crippen molar-refractivity contribution in [2.75, 3.05) is 6.54 Å². The Morgan fingerprint density at radius 2 is 2.32 bits per heavy atom. The SMILES string of the molecule is CCCNCc1sc(-c2cnn(C)c2)nc1C1CC1. The average Bonchev–Trinajstić information content (AvgIpc) is 3.01. The van der Waals surface area contributed by atoms with Gasteiger partial charge in [0.2, 0.25) is 0 Å². The molecule has 1 fully saturated rings. The molecule has 3 rings (SSSR count). The minimum absolute atomic E-state index is 0.708. The lowest BCUT2D eigenvalue weighted by Crippen LogP contribution is -2.13. The lowest BCUT2D eigenvalue weighted by Gasteiger charge is -2.01. The molecule has 0 amide bonds. The van der Waals surface area contributed by atoms with E-state index in [1.807, 2.05) is 35.5 Å². The van der Waals surface area contributed by atoms with Gasteiger partial charge >= 0.3 is 0 Å². The molecule has 0 saturated heterocycles. The van der Waals surface area contributed by atoms with Gasteiger partial charge in [0.15, 0.2) is 0 Å². The maximum Gasteiger partial charge on any atom is 0.127 e. The molecule has 2 heterocycles. The molecule has 1 aliphatic carbocycles. The molecule has 0 atom stereocenters. The zero-order chi connectivity index (χ0) is 13.2. The molecule has 102 valence electrons. The van der Waals surface area contributed by atoms with Gasteiger partial charge in [-0.25, -0.2) is 4.98 Å². The molecule has 1 saturated carbocycles. The highest BCUT2D eigenvalue weighted by molar-refractivity contribution is 7.15. The van der Waals surface area contributed by atoms with Gasteiger partial charge < -0.3 is 5.32 Å². The highest BCUT2D eigenvalue weighted by Crippen LogP contribution is 2.44. The van der Waals surface area contributed by atoms with Crippen molar-refractivity contribution >= 4 is 11.3 Å². The number of hydrogen-bond acceptors (Lipinski definition) is 4. The standard InChI is InChI=1S/C14H20N4S/c1-3-6-15-8-12-13(10-4-5-10)17-14(19-12)11-7-16-18(2)9-11/h7,9-10,15H,3-6,8H2,1-2H3. The number of nitrogens with zero attached hydrogens (tertiary/aromatic N) is 3. The number of thiazole rings is 1. The Labute approximate surface area is 117 Å². The first-order valence-electron chi connectivity index (χ1n) is 6.97. The van der Waals surface area contributed by atoms with Crippen LogP contribution in [0.5, 0.6) is 0 Å². The van der Waals surface area contributed by atoms with Crippen molar-refractivity contribution in [3.05, 3.63) is 23.0 Å². The quantitative estimate of drug-likeness (QED) is 0.825. The lowest BCUT2D eigenvalue weighted by atomic mass is 10.2. The van der Waals surface area contributed by atoms with E-state index in [-0.39, 0.29) is 0 Å². The third-order valence-electron chi connectivity index (χ3n) is 3.36. The first-order chi connectivity index (χ1) is 9.28. The molecule has 0 aromatic carbocycles. The van der Waals surface area contributed by atoms with Crippen LogP contribution < -0.4 is 5.32 Å². The van der Waals surface area contributed by atoms with Crippen LogP contribution in [0.3, 0.4) is 0 Å². The molecule has 1 N–H and O–H groups in total. The van der Waals surface area contributed by atoms with Crippen molar-refractivity contribution in [1.29, 1.82) is 0 Å². The van der Waals surface area contributed by atoms with Gasteiger partial charge in [-0.3, -0.25) is 4.68 Å². The van der Waals surface area contributed by atoms with Crippen molar-refractivity contribution in [2.24, 2.45) is 7.05 Å². The van der Waals surface area contributed by atoms with E-state index in [1.165, 1.54) is 29.8 Å². The molecule has 0 spiro atoms. The average molecular weight is 276 g/mol. The monoisotopic (exact) mass is 276 g/mol. The molecule has 0 bridgehead atoms. The Morgan fingerprint density at radius 1 is 1.47 bits per heavy atom. The highest BCUT2D eigenvalue weighted by Gasteiger charge is 2.29. The van der Waals surface area contributed by atoms with Gasteiger partial charge in [0.1, 0.15) is 5.01 Å². The first-order valence-corrected chi connectivity index (χ1v) is 7.79. The Bertz CT molecular complexity index is 554. The number of aryl methyl sites for hydroxylation is 1. The van der Waals surface area contributed by atoms with E-state index in [2.05, 4.69) is 17.3 Å². The summed E-state index contributed by atoms with van der Waals surface area (Å²) in [5.41, 5.74) is 2.46. The van der Waals surface area contributed by atoms with Gasteiger partial charge in [0.05, 0.1) is 11.9 Å². The van der Waals surface area contributed by atoms with Gasteiger partial charge in [-0.2, -0.15) is 5.10 Å². The maximum atomic E-state index is 4.86. The summed E-state index contributed by atoms with van der Waals surface area (Å²) < 4.78 is 1.84. The zero-order valence-corrected chi connectivity index (χ0v) is 12.3. The van der Waals surface area contributed by atoms with Crippen molar-refractivity contribution in [3.8, 4) is 10.6 Å². The molecule has 0 radical (unpaired) electrons. The van der Waals surface area contributed by atoms with E-state index in [0.29, 0.717) is 5.92 Å². The van der Waals surface area contributed by atoms with Crippen LogP contribution >= 0.6 is 11.3 Å². The van der Waals surface area contributed by atoms with Gasteiger partial charge in [0, 0.05) is 36.1 Å². The van der Waals surface area contributed by atoms with Gasteiger partial charge in [-0.1, -0.05) is 6.92 Å². The fourth-order valence-corrected chi connectivity index (χ4v) is 3.29. The smallest absolute Gasteiger partial charge is 0.127 e. The molecular formula is C14H20N4S. The second-order valence-corrected chi connectivity index (χ2v) is 6.26. The summed E-state index contributed by atoms with van der Waals surface area (Å²) in [6.07, 6.45) is 7.72. The summed E-state index contributed by atoms with van der Waals surface area (Å²) in [6, 6.07) is 0. The van der Waals surface area contributed by atoms with Crippen molar-refractivity contribution in [1.82, 2.24) is 20.1 Å². The number of hydrogen-bond donors (Lipinski definition) is 1. The summed E-state index contributed by atoms with van der Waals surface area (Å²) in [5.74, 6) is 0.708. The fourth-order valence-electron chi connectivity index (χ4n) is 2.20. The van der Waals surface area contributed by atoms with Crippen LogP contribution in [0.15, 0.2) is 12.4 Å². The van der Waals surface area contributed by atoms with E-state index in [0.717, 1.165) is 23.7 Å². The van der Waals surface area contributed by atoms with Crippen LogP contribution in [0.1, 0.15) is 42.7 Å². The molecule has 5 heteroatoms. The molecule has 2 aromatic heterocycles. The molecule has 0 aliphatic heterocycles. The minimum Gasteiger partial charge on any atom is -0.312 e. The summed E-state index contributed by atoms with van der Waals surface area (Å²) >= 11 is 1.82. The topological polar surface area (TPSA) is 42.7 Å².